The maximum Gasteiger partial charge on any atom is 0.129 e. The first-order valence-electron chi connectivity index (χ1n) is 18.0. The molecule has 234 valence electrons. The van der Waals surface area contributed by atoms with Gasteiger partial charge in [-0.1, -0.05) is 177 Å². The van der Waals surface area contributed by atoms with E-state index < -0.39 is 0 Å². The van der Waals surface area contributed by atoms with Crippen LogP contribution in [-0.4, -0.2) is 5.78 Å². The van der Waals surface area contributed by atoms with Crippen LogP contribution in [0.5, 0.6) is 0 Å². The molecule has 6 atom stereocenters. The molecule has 0 aromatic carbocycles. The van der Waals surface area contributed by atoms with Crippen molar-refractivity contribution in [3.05, 3.63) is 0 Å². The molecular weight excluding hydrogens is 472 g/mol. The largest absolute Gasteiger partial charge is 0.300 e. The van der Waals surface area contributed by atoms with E-state index in [1.54, 1.807) is 6.92 Å². The Bertz CT molecular complexity index is 537. The van der Waals surface area contributed by atoms with E-state index in [1.807, 2.05) is 0 Å². The molecule has 0 rings (SSSR count). The average Bonchev–Trinajstić information content (AvgIpc) is 2.83. The van der Waals surface area contributed by atoms with Crippen molar-refractivity contribution in [2.24, 2.45) is 41.4 Å². The Kier molecular flexibility index (Phi) is 25.2. The average molecular weight is 549 g/mol. The van der Waals surface area contributed by atoms with Crippen LogP contribution in [0.4, 0.5) is 0 Å². The predicted molar refractivity (Wildman–Crippen MR) is 177 cm³/mol. The Morgan fingerprint density at radius 1 is 0.359 bits per heavy atom. The summed E-state index contributed by atoms with van der Waals surface area (Å²) in [5, 5.41) is 0. The van der Waals surface area contributed by atoms with Crippen LogP contribution in [0.15, 0.2) is 0 Å². The molecule has 0 radical (unpaired) electrons. The normalized spacial score (nSPS) is 16.7. The summed E-state index contributed by atoms with van der Waals surface area (Å²) in [6, 6.07) is 0. The number of rotatable bonds is 28. The summed E-state index contributed by atoms with van der Waals surface area (Å²) >= 11 is 0. The smallest absolute Gasteiger partial charge is 0.129 e. The molecule has 0 aliphatic rings. The molecule has 0 saturated heterocycles. The van der Waals surface area contributed by atoms with Crippen molar-refractivity contribution in [3.63, 3.8) is 0 Å². The first-order valence-corrected chi connectivity index (χ1v) is 18.0. The Morgan fingerprint density at radius 2 is 0.564 bits per heavy atom. The van der Waals surface area contributed by atoms with Gasteiger partial charge in [-0.05, 0) is 54.8 Å². The van der Waals surface area contributed by atoms with Gasteiger partial charge >= 0.3 is 0 Å². The van der Waals surface area contributed by atoms with Gasteiger partial charge in [-0.2, -0.15) is 0 Å². The van der Waals surface area contributed by atoms with Gasteiger partial charge in [-0.3, -0.25) is 0 Å². The molecule has 1 heteroatoms. The fourth-order valence-corrected chi connectivity index (χ4v) is 6.51. The highest BCUT2D eigenvalue weighted by atomic mass is 16.1. The molecule has 0 bridgehead atoms. The van der Waals surface area contributed by atoms with E-state index >= 15 is 0 Å². The number of ketones is 1. The minimum absolute atomic E-state index is 0.346. The van der Waals surface area contributed by atoms with E-state index in [9.17, 15) is 4.79 Å². The van der Waals surface area contributed by atoms with Crippen molar-refractivity contribution in [2.75, 3.05) is 0 Å². The number of carbonyl (C=O) groups is 1. The monoisotopic (exact) mass is 549 g/mol. The van der Waals surface area contributed by atoms with Crippen LogP contribution in [0.25, 0.3) is 0 Å². The van der Waals surface area contributed by atoms with E-state index in [1.165, 1.54) is 122 Å². The van der Waals surface area contributed by atoms with Gasteiger partial charge in [0.05, 0.1) is 0 Å². The first kappa shape index (κ1) is 38.7. The van der Waals surface area contributed by atoms with Crippen LogP contribution in [0.2, 0.25) is 0 Å². The van der Waals surface area contributed by atoms with Crippen molar-refractivity contribution >= 4 is 5.78 Å². The summed E-state index contributed by atoms with van der Waals surface area (Å²) in [5.41, 5.74) is 0. The van der Waals surface area contributed by atoms with Crippen molar-refractivity contribution in [2.45, 2.75) is 197 Å². The molecule has 39 heavy (non-hydrogen) atoms. The number of hydrogen-bond acceptors (Lipinski definition) is 1. The van der Waals surface area contributed by atoms with Gasteiger partial charge in [0.2, 0.25) is 0 Å². The Morgan fingerprint density at radius 3 is 0.769 bits per heavy atom. The predicted octanol–water partition coefficient (Wildman–Crippen LogP) is 13.2. The van der Waals surface area contributed by atoms with Crippen molar-refractivity contribution in [1.82, 2.24) is 0 Å². The van der Waals surface area contributed by atoms with E-state index in [0.29, 0.717) is 5.78 Å². The second kappa shape index (κ2) is 25.4. The molecule has 0 spiro atoms. The zero-order chi connectivity index (χ0) is 29.5. The van der Waals surface area contributed by atoms with Gasteiger partial charge in [-0.15, -0.1) is 0 Å². The highest BCUT2D eigenvalue weighted by Crippen LogP contribution is 2.26. The number of hydrogen-bond donors (Lipinski definition) is 0. The molecule has 0 aromatic rings. The van der Waals surface area contributed by atoms with E-state index in [4.69, 9.17) is 0 Å². The fraction of sp³-hybridized carbons (Fsp3) is 0.974. The minimum atomic E-state index is 0.346. The van der Waals surface area contributed by atoms with Crippen LogP contribution in [-0.2, 0) is 4.79 Å². The molecule has 0 saturated carbocycles. The molecule has 1 nitrogen and oxygen atoms in total. The van der Waals surface area contributed by atoms with Crippen molar-refractivity contribution in [1.29, 1.82) is 0 Å². The van der Waals surface area contributed by atoms with Crippen LogP contribution in [0.1, 0.15) is 197 Å². The topological polar surface area (TPSA) is 17.1 Å². The maximum atomic E-state index is 11.1. The third-order valence-corrected chi connectivity index (χ3v) is 9.67. The van der Waals surface area contributed by atoms with Crippen molar-refractivity contribution in [3.8, 4) is 0 Å². The van der Waals surface area contributed by atoms with Gasteiger partial charge in [0.1, 0.15) is 5.78 Å². The molecule has 0 amide bonds. The zero-order valence-corrected chi connectivity index (χ0v) is 28.8. The van der Waals surface area contributed by atoms with Crippen LogP contribution in [0.3, 0.4) is 0 Å². The van der Waals surface area contributed by atoms with Gasteiger partial charge in [0.25, 0.3) is 0 Å². The van der Waals surface area contributed by atoms with E-state index in [2.05, 4.69) is 55.4 Å². The summed E-state index contributed by atoms with van der Waals surface area (Å²) in [6.45, 7) is 21.2. The summed E-state index contributed by atoms with van der Waals surface area (Å²) in [7, 11) is 0. The van der Waals surface area contributed by atoms with Crippen molar-refractivity contribution < 1.29 is 4.79 Å². The summed E-state index contributed by atoms with van der Waals surface area (Å²) in [6.07, 6.45) is 28.7. The Balaban J connectivity index is 3.66. The summed E-state index contributed by atoms with van der Waals surface area (Å²) < 4.78 is 0. The van der Waals surface area contributed by atoms with E-state index in [-0.39, 0.29) is 0 Å². The molecule has 0 heterocycles. The van der Waals surface area contributed by atoms with Gasteiger partial charge in [-0.25, -0.2) is 0 Å². The van der Waals surface area contributed by atoms with Crippen LogP contribution < -0.4 is 0 Å². The highest BCUT2D eigenvalue weighted by Gasteiger charge is 2.11. The molecule has 0 fully saturated rings. The van der Waals surface area contributed by atoms with Gasteiger partial charge < -0.3 is 4.79 Å². The fourth-order valence-electron chi connectivity index (χ4n) is 6.51. The lowest BCUT2D eigenvalue weighted by atomic mass is 9.89. The standard InChI is InChI=1S/C38H76O/c1-31(2)17-10-18-32(3)19-11-20-33(4)21-12-22-34(5)23-13-24-35(6)25-14-26-36(7)27-15-28-37(8)29-16-30-38(9)39/h31-37H,10-30H2,1-9H3. The zero-order valence-electron chi connectivity index (χ0n) is 28.8. The molecule has 6 unspecified atom stereocenters. The lowest BCUT2D eigenvalue weighted by Gasteiger charge is -2.17. The van der Waals surface area contributed by atoms with E-state index in [0.717, 1.165) is 54.3 Å². The first-order chi connectivity index (χ1) is 18.5. The number of Topliss-reactive ketones (excluding diaryl/α,β-unsaturated/α-hetero) is 1. The molecular formula is C38H76O. The second-order valence-electron chi connectivity index (χ2n) is 15.2. The minimum Gasteiger partial charge on any atom is -0.300 e. The molecule has 0 aliphatic carbocycles. The Labute approximate surface area is 248 Å². The molecule has 0 N–H and O–H groups in total. The SMILES string of the molecule is CC(=O)CCCC(C)CCCC(C)CCCC(C)CCCC(C)CCCC(C)CCCC(C)CCCC(C)C. The van der Waals surface area contributed by atoms with Crippen LogP contribution >= 0.6 is 0 Å². The molecule has 0 aliphatic heterocycles. The lowest BCUT2D eigenvalue weighted by molar-refractivity contribution is -0.117. The maximum absolute atomic E-state index is 11.1. The van der Waals surface area contributed by atoms with Gasteiger partial charge in [0, 0.05) is 6.42 Å². The number of carbonyl (C=O) groups excluding carboxylic acids is 1. The highest BCUT2D eigenvalue weighted by molar-refractivity contribution is 5.75. The van der Waals surface area contributed by atoms with Crippen LogP contribution in [0, 0.1) is 41.4 Å². The third kappa shape index (κ3) is 27.6. The summed E-state index contributed by atoms with van der Waals surface area (Å²) in [4.78, 5) is 11.1. The lowest BCUT2D eigenvalue weighted by Crippen LogP contribution is -2.03. The quantitative estimate of drug-likeness (QED) is 0.0950. The van der Waals surface area contributed by atoms with Gasteiger partial charge in [0.15, 0.2) is 0 Å². The third-order valence-electron chi connectivity index (χ3n) is 9.67. The molecule has 0 aromatic heterocycles. The summed E-state index contributed by atoms with van der Waals surface area (Å²) in [5.74, 6) is 6.54. The second-order valence-corrected chi connectivity index (χ2v) is 15.2. The Hall–Kier alpha value is -0.330.